The van der Waals surface area contributed by atoms with E-state index in [1.54, 1.807) is 0 Å². The van der Waals surface area contributed by atoms with Crippen LogP contribution in [0.15, 0.2) is 0 Å². The maximum absolute atomic E-state index is 11.6. The standard InChI is InChI=1S/C14H25NO4/c1-14(2,3)19-13(18)15-11-7-4-10(5-8-11)6-9-12(16)17/h10-11H,4-9H2,1-3H3,(H,15,18)(H,16,17)/t10-,11+. The third-order valence-electron chi connectivity index (χ3n) is 3.33. The largest absolute Gasteiger partial charge is 0.481 e. The molecule has 0 bridgehead atoms. The lowest BCUT2D eigenvalue weighted by Crippen LogP contribution is -2.40. The molecule has 2 N–H and O–H groups in total. The van der Waals surface area contributed by atoms with Gasteiger partial charge < -0.3 is 15.2 Å². The molecule has 0 unspecified atom stereocenters. The first-order valence-electron chi connectivity index (χ1n) is 6.97. The summed E-state index contributed by atoms with van der Waals surface area (Å²) in [6, 6.07) is 0.163. The van der Waals surface area contributed by atoms with Crippen LogP contribution in [0.5, 0.6) is 0 Å². The molecular weight excluding hydrogens is 246 g/mol. The topological polar surface area (TPSA) is 75.6 Å². The number of carbonyl (C=O) groups is 2. The second kappa shape index (κ2) is 6.78. The predicted octanol–water partition coefficient (Wildman–Crippen LogP) is 2.93. The normalized spacial score (nSPS) is 23.7. The first kappa shape index (κ1) is 15.8. The summed E-state index contributed by atoms with van der Waals surface area (Å²) in [6.45, 7) is 5.53. The fourth-order valence-corrected chi connectivity index (χ4v) is 2.40. The van der Waals surface area contributed by atoms with Crippen LogP contribution >= 0.6 is 0 Å². The van der Waals surface area contributed by atoms with Crippen LogP contribution in [-0.4, -0.2) is 28.8 Å². The predicted molar refractivity (Wildman–Crippen MR) is 72.0 cm³/mol. The Balaban J connectivity index is 2.23. The molecular formula is C14H25NO4. The molecule has 110 valence electrons. The van der Waals surface area contributed by atoms with Gasteiger partial charge in [-0.05, 0) is 58.8 Å². The zero-order chi connectivity index (χ0) is 14.5. The third kappa shape index (κ3) is 7.03. The first-order valence-corrected chi connectivity index (χ1v) is 6.97. The fraction of sp³-hybridized carbons (Fsp3) is 0.857. The average molecular weight is 271 g/mol. The summed E-state index contributed by atoms with van der Waals surface area (Å²) in [7, 11) is 0. The van der Waals surface area contributed by atoms with Gasteiger partial charge in [0.1, 0.15) is 5.60 Å². The van der Waals surface area contributed by atoms with E-state index >= 15 is 0 Å². The Morgan fingerprint density at radius 1 is 1.21 bits per heavy atom. The number of carboxylic acid groups (broad SMARTS) is 1. The van der Waals surface area contributed by atoms with Gasteiger partial charge in [-0.3, -0.25) is 4.79 Å². The summed E-state index contributed by atoms with van der Waals surface area (Å²) in [4.78, 5) is 22.1. The summed E-state index contributed by atoms with van der Waals surface area (Å²) < 4.78 is 5.22. The van der Waals surface area contributed by atoms with Crippen LogP contribution in [0, 0.1) is 5.92 Å². The van der Waals surface area contributed by atoms with Gasteiger partial charge >= 0.3 is 12.1 Å². The summed E-state index contributed by atoms with van der Waals surface area (Å²) in [5, 5.41) is 11.5. The Hall–Kier alpha value is -1.26. The number of ether oxygens (including phenoxy) is 1. The number of rotatable bonds is 4. The number of alkyl carbamates (subject to hydrolysis) is 1. The van der Waals surface area contributed by atoms with Crippen molar-refractivity contribution in [3.63, 3.8) is 0 Å². The highest BCUT2D eigenvalue weighted by atomic mass is 16.6. The van der Waals surface area contributed by atoms with Crippen LogP contribution in [0.2, 0.25) is 0 Å². The molecule has 0 aromatic carbocycles. The van der Waals surface area contributed by atoms with Crippen molar-refractivity contribution >= 4 is 12.1 Å². The van der Waals surface area contributed by atoms with E-state index in [1.807, 2.05) is 20.8 Å². The summed E-state index contributed by atoms with van der Waals surface area (Å²) in [5.41, 5.74) is -0.469. The zero-order valence-electron chi connectivity index (χ0n) is 12.1. The van der Waals surface area contributed by atoms with Crippen LogP contribution < -0.4 is 5.32 Å². The Morgan fingerprint density at radius 2 is 1.79 bits per heavy atom. The van der Waals surface area contributed by atoms with Crippen molar-refractivity contribution in [2.45, 2.75) is 70.9 Å². The van der Waals surface area contributed by atoms with E-state index in [0.717, 1.165) is 32.1 Å². The summed E-state index contributed by atoms with van der Waals surface area (Å²) in [6.07, 6.45) is 4.40. The molecule has 0 aromatic rings. The highest BCUT2D eigenvalue weighted by Gasteiger charge is 2.24. The van der Waals surface area contributed by atoms with E-state index in [4.69, 9.17) is 9.84 Å². The molecule has 0 radical (unpaired) electrons. The average Bonchev–Trinajstić information content (AvgIpc) is 2.25. The summed E-state index contributed by atoms with van der Waals surface area (Å²) >= 11 is 0. The molecule has 1 aliphatic rings. The highest BCUT2D eigenvalue weighted by molar-refractivity contribution is 5.68. The van der Waals surface area contributed by atoms with Crippen molar-refractivity contribution in [3.8, 4) is 0 Å². The molecule has 1 rings (SSSR count). The molecule has 5 heteroatoms. The number of amides is 1. The maximum atomic E-state index is 11.6. The minimum absolute atomic E-state index is 0.163. The fourth-order valence-electron chi connectivity index (χ4n) is 2.40. The van der Waals surface area contributed by atoms with Gasteiger partial charge in [-0.25, -0.2) is 4.79 Å². The second-order valence-corrected chi connectivity index (χ2v) is 6.30. The molecule has 0 saturated heterocycles. The number of nitrogens with one attached hydrogen (secondary N) is 1. The Kier molecular flexibility index (Phi) is 5.63. The van der Waals surface area contributed by atoms with Crippen LogP contribution in [0.1, 0.15) is 59.3 Å². The number of carboxylic acids is 1. The monoisotopic (exact) mass is 271 g/mol. The van der Waals surface area contributed by atoms with Crippen LogP contribution in [0.4, 0.5) is 4.79 Å². The van der Waals surface area contributed by atoms with E-state index in [0.29, 0.717) is 5.92 Å². The van der Waals surface area contributed by atoms with Gasteiger partial charge in [-0.1, -0.05) is 0 Å². The maximum Gasteiger partial charge on any atom is 0.407 e. The van der Waals surface area contributed by atoms with Gasteiger partial charge in [-0.2, -0.15) is 0 Å². The van der Waals surface area contributed by atoms with E-state index in [2.05, 4.69) is 5.32 Å². The first-order chi connectivity index (χ1) is 8.76. The minimum Gasteiger partial charge on any atom is -0.481 e. The Bertz CT molecular complexity index is 314. The molecule has 0 atom stereocenters. The van der Waals surface area contributed by atoms with Gasteiger partial charge in [0.15, 0.2) is 0 Å². The van der Waals surface area contributed by atoms with E-state index in [1.165, 1.54) is 0 Å². The lowest BCUT2D eigenvalue weighted by atomic mass is 9.83. The molecule has 0 aliphatic heterocycles. The summed E-state index contributed by atoms with van der Waals surface area (Å²) in [5.74, 6) is -0.248. The second-order valence-electron chi connectivity index (χ2n) is 6.30. The number of aliphatic carboxylic acids is 1. The van der Waals surface area contributed by atoms with E-state index < -0.39 is 11.6 Å². The molecule has 0 heterocycles. The van der Waals surface area contributed by atoms with Crippen molar-refractivity contribution in [1.82, 2.24) is 5.32 Å². The highest BCUT2D eigenvalue weighted by Crippen LogP contribution is 2.28. The molecule has 19 heavy (non-hydrogen) atoms. The van der Waals surface area contributed by atoms with Gasteiger partial charge in [0, 0.05) is 12.5 Å². The SMILES string of the molecule is CC(C)(C)OC(=O)N[C@H]1CC[C@@H](CCC(=O)O)CC1. The number of hydrogen-bond donors (Lipinski definition) is 2. The quantitative estimate of drug-likeness (QED) is 0.824. The van der Waals surface area contributed by atoms with Gasteiger partial charge in [0.05, 0.1) is 0 Å². The van der Waals surface area contributed by atoms with E-state index in [-0.39, 0.29) is 18.6 Å². The van der Waals surface area contributed by atoms with Crippen molar-refractivity contribution in [2.24, 2.45) is 5.92 Å². The van der Waals surface area contributed by atoms with Crippen LogP contribution in [0.3, 0.4) is 0 Å². The number of hydrogen-bond acceptors (Lipinski definition) is 3. The Labute approximate surface area is 114 Å². The molecule has 5 nitrogen and oxygen atoms in total. The molecule has 1 amide bonds. The van der Waals surface area contributed by atoms with Gasteiger partial charge in [0.25, 0.3) is 0 Å². The Morgan fingerprint density at radius 3 is 2.26 bits per heavy atom. The van der Waals surface area contributed by atoms with E-state index in [9.17, 15) is 9.59 Å². The van der Waals surface area contributed by atoms with Crippen LogP contribution in [0.25, 0.3) is 0 Å². The zero-order valence-corrected chi connectivity index (χ0v) is 12.1. The smallest absolute Gasteiger partial charge is 0.407 e. The molecule has 1 saturated carbocycles. The molecule has 1 fully saturated rings. The van der Waals surface area contributed by atoms with Crippen molar-refractivity contribution in [2.75, 3.05) is 0 Å². The lowest BCUT2D eigenvalue weighted by Gasteiger charge is -2.29. The van der Waals surface area contributed by atoms with Crippen molar-refractivity contribution < 1.29 is 19.4 Å². The van der Waals surface area contributed by atoms with Gasteiger partial charge in [-0.15, -0.1) is 0 Å². The molecule has 1 aliphatic carbocycles. The number of carbonyl (C=O) groups excluding carboxylic acids is 1. The minimum atomic E-state index is -0.728. The lowest BCUT2D eigenvalue weighted by molar-refractivity contribution is -0.137. The molecule has 0 aromatic heterocycles. The van der Waals surface area contributed by atoms with Gasteiger partial charge in [0.2, 0.25) is 0 Å². The third-order valence-corrected chi connectivity index (χ3v) is 3.33. The molecule has 0 spiro atoms. The van der Waals surface area contributed by atoms with Crippen LogP contribution in [-0.2, 0) is 9.53 Å². The van der Waals surface area contributed by atoms with Crippen molar-refractivity contribution in [3.05, 3.63) is 0 Å². The van der Waals surface area contributed by atoms with Crippen molar-refractivity contribution in [1.29, 1.82) is 0 Å².